The molecule has 0 aromatic heterocycles. The fourth-order valence-electron chi connectivity index (χ4n) is 6.50. The van der Waals surface area contributed by atoms with Crippen LogP contribution in [0.2, 0.25) is 0 Å². The highest BCUT2D eigenvalue weighted by Gasteiger charge is 2.38. The van der Waals surface area contributed by atoms with Crippen LogP contribution >= 0.6 is 0 Å². The second-order valence-electron chi connectivity index (χ2n) is 9.28. The van der Waals surface area contributed by atoms with Crippen molar-refractivity contribution in [3.63, 3.8) is 0 Å². The third-order valence-corrected chi connectivity index (χ3v) is 7.90. The van der Waals surface area contributed by atoms with Crippen LogP contribution in [-0.4, -0.2) is 7.11 Å². The molecule has 1 aromatic carbocycles. The van der Waals surface area contributed by atoms with Gasteiger partial charge < -0.3 is 4.74 Å². The topological polar surface area (TPSA) is 9.23 Å². The second kappa shape index (κ2) is 7.90. The van der Waals surface area contributed by atoms with E-state index in [1.165, 1.54) is 56.9 Å². The minimum atomic E-state index is -0.110. The summed E-state index contributed by atoms with van der Waals surface area (Å²) in [6.07, 6.45) is 14.7. The standard InChI is InChI=1S/C24H35FO/c1-3-4-16-5-6-18-14-19(8-7-17(18)13-16)20-9-11-22-21(15-20)10-12-23(26-2)24(22)25/h10,12,16-20H,3-9,11,13-15H2,1-2H3. The van der Waals surface area contributed by atoms with Crippen molar-refractivity contribution in [1.29, 1.82) is 0 Å². The molecule has 0 aliphatic heterocycles. The van der Waals surface area contributed by atoms with Crippen LogP contribution < -0.4 is 4.74 Å². The molecule has 2 heteroatoms. The maximum Gasteiger partial charge on any atom is 0.168 e. The molecule has 0 heterocycles. The first-order valence-corrected chi connectivity index (χ1v) is 11.0. The van der Waals surface area contributed by atoms with Gasteiger partial charge in [-0.1, -0.05) is 32.3 Å². The van der Waals surface area contributed by atoms with Crippen molar-refractivity contribution in [3.05, 3.63) is 29.1 Å². The maximum absolute atomic E-state index is 14.5. The van der Waals surface area contributed by atoms with E-state index in [1.807, 2.05) is 6.07 Å². The first kappa shape index (κ1) is 18.3. The fraction of sp³-hybridized carbons (Fsp3) is 0.750. The minimum Gasteiger partial charge on any atom is -0.494 e. The van der Waals surface area contributed by atoms with Crippen molar-refractivity contribution in [2.24, 2.45) is 29.6 Å². The average molecular weight is 359 g/mol. The molecule has 2 fully saturated rings. The molecule has 144 valence electrons. The summed E-state index contributed by atoms with van der Waals surface area (Å²) in [4.78, 5) is 0. The summed E-state index contributed by atoms with van der Waals surface area (Å²) in [5.74, 6) is 4.94. The summed E-state index contributed by atoms with van der Waals surface area (Å²) in [7, 11) is 1.56. The van der Waals surface area contributed by atoms with Gasteiger partial charge in [-0.15, -0.1) is 0 Å². The van der Waals surface area contributed by atoms with E-state index in [4.69, 9.17) is 4.74 Å². The van der Waals surface area contributed by atoms with E-state index in [0.717, 1.165) is 54.4 Å². The lowest BCUT2D eigenvalue weighted by Crippen LogP contribution is -2.35. The molecule has 3 aliphatic carbocycles. The quantitative estimate of drug-likeness (QED) is 0.591. The van der Waals surface area contributed by atoms with Crippen LogP contribution in [0.25, 0.3) is 0 Å². The lowest BCUT2D eigenvalue weighted by Gasteiger charge is -2.45. The monoisotopic (exact) mass is 358 g/mol. The predicted molar refractivity (Wildman–Crippen MR) is 105 cm³/mol. The number of ether oxygens (including phenoxy) is 1. The summed E-state index contributed by atoms with van der Waals surface area (Å²) < 4.78 is 19.7. The van der Waals surface area contributed by atoms with Crippen molar-refractivity contribution in [3.8, 4) is 5.75 Å². The molecule has 0 bridgehead atoms. The molecule has 4 rings (SSSR count). The third-order valence-electron chi connectivity index (χ3n) is 7.90. The van der Waals surface area contributed by atoms with E-state index in [1.54, 1.807) is 7.11 Å². The van der Waals surface area contributed by atoms with Crippen LogP contribution in [0.15, 0.2) is 12.1 Å². The van der Waals surface area contributed by atoms with E-state index in [0.29, 0.717) is 5.75 Å². The van der Waals surface area contributed by atoms with Gasteiger partial charge in [0.1, 0.15) is 0 Å². The Morgan fingerprint density at radius 2 is 1.69 bits per heavy atom. The molecule has 0 amide bonds. The number of rotatable bonds is 4. The lowest BCUT2D eigenvalue weighted by molar-refractivity contribution is 0.0693. The summed E-state index contributed by atoms with van der Waals surface area (Å²) in [5, 5.41) is 0. The van der Waals surface area contributed by atoms with Crippen LogP contribution in [-0.2, 0) is 12.8 Å². The predicted octanol–water partition coefficient (Wildman–Crippen LogP) is 6.57. The molecule has 5 unspecified atom stereocenters. The minimum absolute atomic E-state index is 0.110. The maximum atomic E-state index is 14.5. The Morgan fingerprint density at radius 3 is 2.46 bits per heavy atom. The van der Waals surface area contributed by atoms with Gasteiger partial charge >= 0.3 is 0 Å². The zero-order valence-electron chi connectivity index (χ0n) is 16.6. The van der Waals surface area contributed by atoms with Gasteiger partial charge in [-0.25, -0.2) is 4.39 Å². The SMILES string of the molecule is CCCC1CCC2CC(C3CCc4c(ccc(OC)c4F)C3)CCC2C1. The van der Waals surface area contributed by atoms with Crippen molar-refractivity contribution in [2.75, 3.05) is 7.11 Å². The van der Waals surface area contributed by atoms with Crippen LogP contribution in [0.4, 0.5) is 4.39 Å². The summed E-state index contributed by atoms with van der Waals surface area (Å²) in [5.41, 5.74) is 2.17. The molecule has 3 aliphatic rings. The largest absolute Gasteiger partial charge is 0.494 e. The Labute approximate surface area is 158 Å². The first-order chi connectivity index (χ1) is 12.7. The van der Waals surface area contributed by atoms with E-state index >= 15 is 0 Å². The zero-order valence-corrected chi connectivity index (χ0v) is 16.6. The highest BCUT2D eigenvalue weighted by molar-refractivity contribution is 5.39. The molecule has 2 saturated carbocycles. The molecule has 5 atom stereocenters. The van der Waals surface area contributed by atoms with Crippen molar-refractivity contribution < 1.29 is 9.13 Å². The van der Waals surface area contributed by atoms with Gasteiger partial charge in [0.2, 0.25) is 0 Å². The number of methoxy groups -OCH3 is 1. The summed E-state index contributed by atoms with van der Waals surface area (Å²) in [6, 6.07) is 3.94. The second-order valence-corrected chi connectivity index (χ2v) is 9.28. The number of fused-ring (bicyclic) bond motifs is 2. The Bertz CT molecular complexity index is 625. The Morgan fingerprint density at radius 1 is 0.962 bits per heavy atom. The number of hydrogen-bond acceptors (Lipinski definition) is 1. The van der Waals surface area contributed by atoms with E-state index in [2.05, 4.69) is 13.0 Å². The molecular weight excluding hydrogens is 323 g/mol. The molecule has 0 saturated heterocycles. The molecular formula is C24H35FO. The van der Waals surface area contributed by atoms with Crippen molar-refractivity contribution >= 4 is 0 Å². The van der Waals surface area contributed by atoms with Gasteiger partial charge in [0.25, 0.3) is 0 Å². The molecule has 1 aromatic rings. The van der Waals surface area contributed by atoms with Gasteiger partial charge in [-0.3, -0.25) is 0 Å². The zero-order chi connectivity index (χ0) is 18.1. The lowest BCUT2D eigenvalue weighted by atomic mass is 9.61. The molecule has 1 nitrogen and oxygen atoms in total. The van der Waals surface area contributed by atoms with Crippen molar-refractivity contribution in [2.45, 2.75) is 77.6 Å². The smallest absolute Gasteiger partial charge is 0.168 e. The first-order valence-electron chi connectivity index (χ1n) is 11.0. The molecule has 26 heavy (non-hydrogen) atoms. The van der Waals surface area contributed by atoms with Crippen molar-refractivity contribution in [1.82, 2.24) is 0 Å². The van der Waals surface area contributed by atoms with Gasteiger partial charge in [-0.2, -0.15) is 0 Å². The van der Waals surface area contributed by atoms with Crippen LogP contribution in [0.5, 0.6) is 5.75 Å². The van der Waals surface area contributed by atoms with E-state index in [9.17, 15) is 4.39 Å². The summed E-state index contributed by atoms with van der Waals surface area (Å²) >= 11 is 0. The Kier molecular flexibility index (Phi) is 5.57. The van der Waals surface area contributed by atoms with E-state index in [-0.39, 0.29) is 5.82 Å². The van der Waals surface area contributed by atoms with Gasteiger partial charge in [0.15, 0.2) is 11.6 Å². The fourth-order valence-corrected chi connectivity index (χ4v) is 6.50. The van der Waals surface area contributed by atoms with Crippen LogP contribution in [0.1, 0.15) is 75.8 Å². The van der Waals surface area contributed by atoms with Gasteiger partial charge in [0, 0.05) is 0 Å². The van der Waals surface area contributed by atoms with E-state index < -0.39 is 0 Å². The molecule has 0 radical (unpaired) electrons. The Hall–Kier alpha value is -1.05. The van der Waals surface area contributed by atoms with Crippen LogP contribution in [0.3, 0.4) is 0 Å². The summed E-state index contributed by atoms with van der Waals surface area (Å²) in [6.45, 7) is 2.34. The molecule has 0 N–H and O–H groups in total. The van der Waals surface area contributed by atoms with Crippen LogP contribution in [0, 0.1) is 35.4 Å². The average Bonchev–Trinajstić information content (AvgIpc) is 2.68. The number of benzene rings is 1. The number of halogens is 1. The third kappa shape index (κ3) is 3.53. The normalized spacial score (nSPS) is 34.0. The van der Waals surface area contributed by atoms with Gasteiger partial charge in [0.05, 0.1) is 7.11 Å². The molecule has 0 spiro atoms. The Balaban J connectivity index is 1.39. The highest BCUT2D eigenvalue weighted by atomic mass is 19.1. The van der Waals surface area contributed by atoms with Gasteiger partial charge in [-0.05, 0) is 98.1 Å². The highest BCUT2D eigenvalue weighted by Crippen LogP contribution is 2.49. The number of hydrogen-bond donors (Lipinski definition) is 0.